The van der Waals surface area contributed by atoms with Crippen LogP contribution in [0.5, 0.6) is 0 Å². The van der Waals surface area contributed by atoms with Crippen molar-refractivity contribution in [3.05, 3.63) is 34.9 Å². The molecule has 0 heterocycles. The summed E-state index contributed by atoms with van der Waals surface area (Å²) in [4.78, 5) is 10.9. The van der Waals surface area contributed by atoms with Gasteiger partial charge in [-0.3, -0.25) is 4.79 Å². The molecule has 0 aliphatic heterocycles. The van der Waals surface area contributed by atoms with Gasteiger partial charge in [0.25, 0.3) is 0 Å². The molecule has 2 N–H and O–H groups in total. The van der Waals surface area contributed by atoms with Gasteiger partial charge in [-0.15, -0.1) is 0 Å². The molecule has 0 aliphatic rings. The van der Waals surface area contributed by atoms with Gasteiger partial charge in [-0.25, -0.2) is 0 Å². The maximum absolute atomic E-state index is 10.9. The van der Waals surface area contributed by atoms with E-state index in [4.69, 9.17) is 11.0 Å². The minimum atomic E-state index is -0.498. The Morgan fingerprint density at radius 1 is 1.53 bits per heavy atom. The lowest BCUT2D eigenvalue weighted by molar-refractivity contribution is 0.100. The molecule has 0 aliphatic carbocycles. The maximum atomic E-state index is 10.9. The van der Waals surface area contributed by atoms with Crippen LogP contribution in [0.3, 0.4) is 0 Å². The number of carbonyl (C=O) groups excluding carboxylic acids is 1. The molecular weight excluding hydrogens is 188 g/mol. The highest BCUT2D eigenvalue weighted by molar-refractivity contribution is 5.93. The van der Waals surface area contributed by atoms with Crippen LogP contribution in [0.25, 0.3) is 0 Å². The van der Waals surface area contributed by atoms with Crippen molar-refractivity contribution in [3.8, 4) is 6.07 Å². The van der Waals surface area contributed by atoms with Gasteiger partial charge in [0.1, 0.15) is 0 Å². The van der Waals surface area contributed by atoms with Crippen molar-refractivity contribution in [2.75, 3.05) is 0 Å². The third-order valence-electron chi connectivity index (χ3n) is 2.14. The fourth-order valence-corrected chi connectivity index (χ4v) is 1.45. The van der Waals surface area contributed by atoms with Gasteiger partial charge in [0.15, 0.2) is 0 Å². The quantitative estimate of drug-likeness (QED) is 0.812. The van der Waals surface area contributed by atoms with E-state index in [9.17, 15) is 4.79 Å². The molecule has 1 rings (SSSR count). The SMILES string of the molecule is CC(C)Cc1ccc(C(N)=O)cc1C#N. The Hall–Kier alpha value is -1.82. The molecule has 0 unspecified atom stereocenters. The molecule has 0 aromatic heterocycles. The second-order valence-corrected chi connectivity index (χ2v) is 3.95. The Bertz CT molecular complexity index is 416. The lowest BCUT2D eigenvalue weighted by Crippen LogP contribution is -2.11. The Labute approximate surface area is 89.5 Å². The first-order valence-corrected chi connectivity index (χ1v) is 4.87. The van der Waals surface area contributed by atoms with E-state index in [1.54, 1.807) is 18.2 Å². The third kappa shape index (κ3) is 2.81. The smallest absolute Gasteiger partial charge is 0.248 e. The largest absolute Gasteiger partial charge is 0.366 e. The predicted molar refractivity (Wildman–Crippen MR) is 58.2 cm³/mol. The number of primary amides is 1. The lowest BCUT2D eigenvalue weighted by Gasteiger charge is -2.07. The number of hydrogen-bond donors (Lipinski definition) is 1. The number of nitriles is 1. The molecule has 0 atom stereocenters. The van der Waals surface area contributed by atoms with Crippen LogP contribution in [0.15, 0.2) is 18.2 Å². The average molecular weight is 202 g/mol. The van der Waals surface area contributed by atoms with Gasteiger partial charge in [0.2, 0.25) is 5.91 Å². The van der Waals surface area contributed by atoms with Crippen molar-refractivity contribution < 1.29 is 4.79 Å². The molecule has 0 fully saturated rings. The van der Waals surface area contributed by atoms with Crippen LogP contribution in [-0.2, 0) is 6.42 Å². The second kappa shape index (κ2) is 4.61. The van der Waals surface area contributed by atoms with Gasteiger partial charge in [-0.1, -0.05) is 19.9 Å². The zero-order chi connectivity index (χ0) is 11.4. The fraction of sp³-hybridized carbons (Fsp3) is 0.333. The van der Waals surface area contributed by atoms with Crippen molar-refractivity contribution >= 4 is 5.91 Å². The van der Waals surface area contributed by atoms with E-state index in [2.05, 4.69) is 19.9 Å². The van der Waals surface area contributed by atoms with Gasteiger partial charge in [-0.2, -0.15) is 5.26 Å². The van der Waals surface area contributed by atoms with Crippen molar-refractivity contribution in [1.29, 1.82) is 5.26 Å². The number of carbonyl (C=O) groups is 1. The molecular formula is C12H14N2O. The zero-order valence-electron chi connectivity index (χ0n) is 8.95. The molecule has 0 saturated heterocycles. The van der Waals surface area contributed by atoms with Crippen molar-refractivity contribution in [2.45, 2.75) is 20.3 Å². The first-order chi connectivity index (χ1) is 7.04. The monoisotopic (exact) mass is 202 g/mol. The molecule has 0 spiro atoms. The van der Waals surface area contributed by atoms with E-state index in [1.807, 2.05) is 0 Å². The average Bonchev–Trinajstić information content (AvgIpc) is 2.17. The lowest BCUT2D eigenvalue weighted by atomic mass is 9.97. The first kappa shape index (κ1) is 11.3. The van der Waals surface area contributed by atoms with Crippen LogP contribution in [0.1, 0.15) is 35.3 Å². The molecule has 3 nitrogen and oxygen atoms in total. The van der Waals surface area contributed by atoms with Gasteiger partial charge in [0, 0.05) is 5.56 Å². The van der Waals surface area contributed by atoms with E-state index >= 15 is 0 Å². The van der Waals surface area contributed by atoms with Crippen molar-refractivity contribution in [2.24, 2.45) is 11.7 Å². The summed E-state index contributed by atoms with van der Waals surface area (Å²) in [5, 5.41) is 8.94. The summed E-state index contributed by atoms with van der Waals surface area (Å²) in [5.41, 5.74) is 7.04. The van der Waals surface area contributed by atoms with Crippen LogP contribution in [0.2, 0.25) is 0 Å². The normalized spacial score (nSPS) is 10.0. The Balaban J connectivity index is 3.11. The summed E-state index contributed by atoms with van der Waals surface area (Å²) in [5.74, 6) is -0.0147. The molecule has 1 aromatic carbocycles. The molecule has 0 radical (unpaired) electrons. The summed E-state index contributed by atoms with van der Waals surface area (Å²) in [6.07, 6.45) is 0.835. The number of amides is 1. The second-order valence-electron chi connectivity index (χ2n) is 3.95. The minimum Gasteiger partial charge on any atom is -0.366 e. The molecule has 0 saturated carbocycles. The van der Waals surface area contributed by atoms with Crippen LogP contribution >= 0.6 is 0 Å². The molecule has 1 amide bonds. The Kier molecular flexibility index (Phi) is 3.46. The van der Waals surface area contributed by atoms with Gasteiger partial charge in [0.05, 0.1) is 11.6 Å². The number of nitrogens with two attached hydrogens (primary N) is 1. The number of benzene rings is 1. The van der Waals surface area contributed by atoms with Crippen LogP contribution in [0.4, 0.5) is 0 Å². The highest BCUT2D eigenvalue weighted by Crippen LogP contribution is 2.15. The van der Waals surface area contributed by atoms with E-state index in [0.29, 0.717) is 17.0 Å². The summed E-state index contributed by atoms with van der Waals surface area (Å²) in [7, 11) is 0. The zero-order valence-corrected chi connectivity index (χ0v) is 8.95. The molecule has 3 heteroatoms. The Morgan fingerprint density at radius 3 is 2.67 bits per heavy atom. The standard InChI is InChI=1S/C12H14N2O/c1-8(2)5-9-3-4-10(12(14)15)6-11(9)7-13/h3-4,6,8H,5H2,1-2H3,(H2,14,15). The number of hydrogen-bond acceptors (Lipinski definition) is 2. The summed E-state index contributed by atoms with van der Waals surface area (Å²) in [6, 6.07) is 7.12. The first-order valence-electron chi connectivity index (χ1n) is 4.87. The maximum Gasteiger partial charge on any atom is 0.248 e. The topological polar surface area (TPSA) is 66.9 Å². The van der Waals surface area contributed by atoms with Crippen molar-refractivity contribution in [3.63, 3.8) is 0 Å². The molecule has 1 aromatic rings. The molecule has 15 heavy (non-hydrogen) atoms. The predicted octanol–water partition coefficient (Wildman–Crippen LogP) is 1.86. The molecule has 0 bridgehead atoms. The van der Waals surface area contributed by atoms with E-state index < -0.39 is 5.91 Å². The third-order valence-corrected chi connectivity index (χ3v) is 2.14. The Morgan fingerprint density at radius 2 is 2.20 bits per heavy atom. The summed E-state index contributed by atoms with van der Waals surface area (Å²) < 4.78 is 0. The number of rotatable bonds is 3. The fourth-order valence-electron chi connectivity index (χ4n) is 1.45. The van der Waals surface area contributed by atoms with Gasteiger partial charge >= 0.3 is 0 Å². The highest BCUT2D eigenvalue weighted by Gasteiger charge is 2.08. The highest BCUT2D eigenvalue weighted by atomic mass is 16.1. The van der Waals surface area contributed by atoms with Gasteiger partial charge in [-0.05, 0) is 30.0 Å². The van der Waals surface area contributed by atoms with E-state index in [1.165, 1.54) is 0 Å². The summed E-state index contributed by atoms with van der Waals surface area (Å²) >= 11 is 0. The summed E-state index contributed by atoms with van der Waals surface area (Å²) in [6.45, 7) is 4.17. The minimum absolute atomic E-state index is 0.388. The van der Waals surface area contributed by atoms with Crippen LogP contribution < -0.4 is 5.73 Å². The van der Waals surface area contributed by atoms with E-state index in [-0.39, 0.29) is 0 Å². The van der Waals surface area contributed by atoms with Crippen LogP contribution in [-0.4, -0.2) is 5.91 Å². The van der Waals surface area contributed by atoms with Crippen molar-refractivity contribution in [1.82, 2.24) is 0 Å². The van der Waals surface area contributed by atoms with Crippen LogP contribution in [0, 0.1) is 17.2 Å². The van der Waals surface area contributed by atoms with Gasteiger partial charge < -0.3 is 5.73 Å². The number of nitrogens with zero attached hydrogens (tertiary/aromatic N) is 1. The molecule has 78 valence electrons. The van der Waals surface area contributed by atoms with E-state index in [0.717, 1.165) is 12.0 Å².